The maximum absolute atomic E-state index is 5.80. The van der Waals surface area contributed by atoms with Crippen molar-refractivity contribution in [2.24, 2.45) is 0 Å². The van der Waals surface area contributed by atoms with Crippen molar-refractivity contribution < 1.29 is 23.7 Å². The van der Waals surface area contributed by atoms with E-state index in [1.807, 2.05) is 0 Å². The lowest BCUT2D eigenvalue weighted by atomic mass is 10.0. The number of unbranched alkanes of at least 4 members (excludes halogenated alkanes) is 19. The first kappa shape index (κ1) is 40.9. The van der Waals surface area contributed by atoms with Gasteiger partial charge in [-0.25, -0.2) is 0 Å². The molecule has 0 aliphatic carbocycles. The molecule has 0 aliphatic heterocycles. The van der Waals surface area contributed by atoms with Crippen LogP contribution >= 0.6 is 0 Å². The predicted octanol–water partition coefficient (Wildman–Crippen LogP) is 10.9. The number of ether oxygens (including phenoxy) is 5. The molecule has 1 rings (SSSR count). The highest BCUT2D eigenvalue weighted by molar-refractivity contribution is 5.27. The normalized spacial score (nSPS) is 11.4. The molecule has 5 nitrogen and oxygen atoms in total. The van der Waals surface area contributed by atoms with Crippen LogP contribution in [0, 0.1) is 0 Å². The van der Waals surface area contributed by atoms with Gasteiger partial charge < -0.3 is 23.7 Å². The summed E-state index contributed by atoms with van der Waals surface area (Å²) in [6.07, 6.45) is 30.0. The molecule has 1 aromatic rings. The van der Waals surface area contributed by atoms with Crippen LogP contribution in [0.15, 0.2) is 24.3 Å². The van der Waals surface area contributed by atoms with Crippen molar-refractivity contribution in [1.29, 1.82) is 0 Å². The molecular weight excluding hydrogens is 548 g/mol. The Hall–Kier alpha value is -1.14. The molecule has 0 saturated heterocycles. The van der Waals surface area contributed by atoms with Gasteiger partial charge in [-0.1, -0.05) is 148 Å². The molecule has 258 valence electrons. The predicted molar refractivity (Wildman–Crippen MR) is 187 cm³/mol. The van der Waals surface area contributed by atoms with Crippen molar-refractivity contribution in [2.75, 3.05) is 59.5 Å². The Morgan fingerprint density at radius 1 is 0.341 bits per heavy atom. The van der Waals surface area contributed by atoms with Gasteiger partial charge in [0.15, 0.2) is 0 Å². The van der Waals surface area contributed by atoms with E-state index in [0.717, 1.165) is 25.2 Å². The van der Waals surface area contributed by atoms with E-state index in [0.29, 0.717) is 52.9 Å². The second kappa shape index (κ2) is 34.7. The van der Waals surface area contributed by atoms with Crippen molar-refractivity contribution in [2.45, 2.75) is 155 Å². The van der Waals surface area contributed by atoms with Gasteiger partial charge in [0.1, 0.15) is 12.4 Å². The quantitative estimate of drug-likeness (QED) is 0.0698. The van der Waals surface area contributed by atoms with Gasteiger partial charge in [-0.3, -0.25) is 0 Å². The summed E-state index contributed by atoms with van der Waals surface area (Å²) >= 11 is 0. The minimum atomic E-state index is 0.555. The Morgan fingerprint density at radius 3 is 1.11 bits per heavy atom. The summed E-state index contributed by atoms with van der Waals surface area (Å²) in [4.78, 5) is 0. The monoisotopic (exact) mass is 621 g/mol. The molecule has 0 spiro atoms. The second-order valence-corrected chi connectivity index (χ2v) is 12.4. The van der Waals surface area contributed by atoms with Gasteiger partial charge in [0.05, 0.1) is 46.2 Å². The summed E-state index contributed by atoms with van der Waals surface area (Å²) in [5.41, 5.74) is 1.40. The number of hydrogen-bond donors (Lipinski definition) is 0. The van der Waals surface area contributed by atoms with Crippen LogP contribution in [-0.2, 0) is 25.4 Å². The Kier molecular flexibility index (Phi) is 32.3. The minimum Gasteiger partial charge on any atom is -0.491 e. The zero-order chi connectivity index (χ0) is 31.4. The zero-order valence-electron chi connectivity index (χ0n) is 29.3. The second-order valence-electron chi connectivity index (χ2n) is 12.4. The van der Waals surface area contributed by atoms with Crippen LogP contribution in [0.3, 0.4) is 0 Å². The van der Waals surface area contributed by atoms with Crippen LogP contribution in [0.2, 0.25) is 0 Å². The van der Waals surface area contributed by atoms with Gasteiger partial charge in [0, 0.05) is 6.61 Å². The summed E-state index contributed by atoms with van der Waals surface area (Å²) in [5.74, 6) is 0.911. The molecular formula is C39H72O5. The van der Waals surface area contributed by atoms with E-state index in [1.54, 1.807) is 0 Å². The van der Waals surface area contributed by atoms with Gasteiger partial charge in [0.25, 0.3) is 0 Å². The maximum Gasteiger partial charge on any atom is 0.119 e. The Morgan fingerprint density at radius 2 is 0.682 bits per heavy atom. The molecule has 0 saturated carbocycles. The van der Waals surface area contributed by atoms with Crippen molar-refractivity contribution in [3.63, 3.8) is 0 Å². The van der Waals surface area contributed by atoms with Crippen LogP contribution in [0.4, 0.5) is 0 Å². The Bertz CT molecular complexity index is 665. The van der Waals surface area contributed by atoms with Crippen LogP contribution in [0.1, 0.15) is 154 Å². The molecule has 0 aromatic heterocycles. The van der Waals surface area contributed by atoms with E-state index >= 15 is 0 Å². The van der Waals surface area contributed by atoms with Crippen molar-refractivity contribution >= 4 is 0 Å². The Labute approximate surface area is 273 Å². The molecule has 0 N–H and O–H groups in total. The first-order valence-electron chi connectivity index (χ1n) is 18.9. The van der Waals surface area contributed by atoms with Gasteiger partial charge in [-0.2, -0.15) is 0 Å². The van der Waals surface area contributed by atoms with E-state index in [1.165, 1.54) is 134 Å². The van der Waals surface area contributed by atoms with Crippen LogP contribution in [0.5, 0.6) is 5.75 Å². The third-order valence-electron chi connectivity index (χ3n) is 8.25. The third kappa shape index (κ3) is 29.6. The summed E-state index contributed by atoms with van der Waals surface area (Å²) < 4.78 is 28.3. The fraction of sp³-hybridized carbons (Fsp3) is 0.846. The highest BCUT2D eigenvalue weighted by Crippen LogP contribution is 2.16. The van der Waals surface area contributed by atoms with Gasteiger partial charge >= 0.3 is 0 Å². The first-order valence-corrected chi connectivity index (χ1v) is 18.9. The lowest BCUT2D eigenvalue weighted by molar-refractivity contribution is -0.00487. The van der Waals surface area contributed by atoms with Crippen molar-refractivity contribution in [3.8, 4) is 5.75 Å². The number of aryl methyl sites for hydroxylation is 1. The van der Waals surface area contributed by atoms with Gasteiger partial charge in [-0.15, -0.1) is 0 Å². The molecule has 0 atom stereocenters. The van der Waals surface area contributed by atoms with E-state index in [-0.39, 0.29) is 0 Å². The molecule has 0 fully saturated rings. The third-order valence-corrected chi connectivity index (χ3v) is 8.25. The molecule has 0 aliphatic rings. The lowest BCUT2D eigenvalue weighted by Gasteiger charge is -2.09. The SMILES string of the molecule is CCCCCCCCCCCCCCCCOCCOCCOCCOCCOc1ccc(CCCCCCCCC)cc1. The molecule has 1 aromatic carbocycles. The van der Waals surface area contributed by atoms with Crippen LogP contribution in [-0.4, -0.2) is 59.5 Å². The molecule has 44 heavy (non-hydrogen) atoms. The molecule has 0 heterocycles. The number of hydrogen-bond acceptors (Lipinski definition) is 5. The van der Waals surface area contributed by atoms with E-state index in [9.17, 15) is 0 Å². The molecule has 5 heteroatoms. The minimum absolute atomic E-state index is 0.555. The summed E-state index contributed by atoms with van der Waals surface area (Å²) in [6, 6.07) is 8.53. The van der Waals surface area contributed by atoms with Crippen LogP contribution in [0.25, 0.3) is 0 Å². The lowest BCUT2D eigenvalue weighted by Crippen LogP contribution is -2.13. The highest BCUT2D eigenvalue weighted by Gasteiger charge is 1.99. The topological polar surface area (TPSA) is 46.2 Å². The molecule has 0 unspecified atom stereocenters. The molecule has 0 bridgehead atoms. The van der Waals surface area contributed by atoms with Gasteiger partial charge in [-0.05, 0) is 37.0 Å². The molecule has 0 amide bonds. The van der Waals surface area contributed by atoms with E-state index in [4.69, 9.17) is 23.7 Å². The van der Waals surface area contributed by atoms with E-state index in [2.05, 4.69) is 38.1 Å². The van der Waals surface area contributed by atoms with Crippen molar-refractivity contribution in [3.05, 3.63) is 29.8 Å². The van der Waals surface area contributed by atoms with Gasteiger partial charge in [0.2, 0.25) is 0 Å². The van der Waals surface area contributed by atoms with Crippen LogP contribution < -0.4 is 4.74 Å². The fourth-order valence-corrected chi connectivity index (χ4v) is 5.42. The van der Waals surface area contributed by atoms with Crippen molar-refractivity contribution in [1.82, 2.24) is 0 Å². The number of rotatable bonds is 36. The van der Waals surface area contributed by atoms with E-state index < -0.39 is 0 Å². The first-order chi connectivity index (χ1) is 21.9. The summed E-state index contributed by atoms with van der Waals surface area (Å²) in [6.45, 7) is 10.2. The largest absolute Gasteiger partial charge is 0.491 e. The number of benzene rings is 1. The highest BCUT2D eigenvalue weighted by atomic mass is 16.6. The average Bonchev–Trinajstić information content (AvgIpc) is 3.04. The standard InChI is InChI=1S/C39H72O5/c1-3-5-7-9-11-12-13-14-15-16-17-19-21-23-29-40-30-31-41-32-33-42-34-35-43-36-37-44-39-27-25-38(26-28-39)24-22-20-18-10-8-6-4-2/h25-28H,3-24,29-37H2,1-2H3. The average molecular weight is 621 g/mol. The zero-order valence-corrected chi connectivity index (χ0v) is 29.3. The summed E-state index contributed by atoms with van der Waals surface area (Å²) in [5, 5.41) is 0. The smallest absolute Gasteiger partial charge is 0.119 e. The fourth-order valence-electron chi connectivity index (χ4n) is 5.42. The molecule has 0 radical (unpaired) electrons. The Balaban J connectivity index is 1.73. The summed E-state index contributed by atoms with van der Waals surface area (Å²) in [7, 11) is 0. The maximum atomic E-state index is 5.80.